The number of amides is 1. The third-order valence-electron chi connectivity index (χ3n) is 4.43. The zero-order chi connectivity index (χ0) is 17.7. The minimum Gasteiger partial charge on any atom is -0.325 e. The van der Waals surface area contributed by atoms with Gasteiger partial charge in [-0.3, -0.25) is 4.79 Å². The lowest BCUT2D eigenvalue weighted by Gasteiger charge is -2.28. The van der Waals surface area contributed by atoms with Gasteiger partial charge in [0.05, 0.1) is 12.8 Å². The lowest BCUT2D eigenvalue weighted by Crippen LogP contribution is -2.44. The summed E-state index contributed by atoms with van der Waals surface area (Å²) in [6.07, 6.45) is 7.07. The van der Waals surface area contributed by atoms with Crippen molar-refractivity contribution in [1.82, 2.24) is 4.31 Å². The number of halogens is 1. The van der Waals surface area contributed by atoms with Gasteiger partial charge >= 0.3 is 0 Å². The Hall–Kier alpha value is -1.11. The topological polar surface area (TPSA) is 66.5 Å². The molecule has 1 saturated carbocycles. The fourth-order valence-electron chi connectivity index (χ4n) is 3.12. The maximum absolute atomic E-state index is 12.4. The van der Waals surface area contributed by atoms with Crippen LogP contribution in [-0.4, -0.2) is 37.5 Å². The van der Waals surface area contributed by atoms with Gasteiger partial charge in [-0.2, -0.15) is 4.31 Å². The molecule has 0 saturated heterocycles. The number of anilines is 1. The molecule has 0 aliphatic heterocycles. The van der Waals surface area contributed by atoms with E-state index in [1.165, 1.54) is 10.6 Å². The van der Waals surface area contributed by atoms with E-state index in [4.69, 9.17) is 11.6 Å². The number of rotatable bonds is 5. The second-order valence-electron chi connectivity index (χ2n) is 6.46. The molecule has 0 aromatic heterocycles. The Morgan fingerprint density at radius 1 is 1.25 bits per heavy atom. The highest BCUT2D eigenvalue weighted by atomic mass is 35.5. The van der Waals surface area contributed by atoms with E-state index >= 15 is 0 Å². The van der Waals surface area contributed by atoms with Gasteiger partial charge in [0.2, 0.25) is 15.9 Å². The minimum absolute atomic E-state index is 0.0892. The van der Waals surface area contributed by atoms with Gasteiger partial charge in [-0.25, -0.2) is 8.42 Å². The molecule has 0 atom stereocenters. The molecule has 1 aromatic rings. The van der Waals surface area contributed by atoms with Crippen LogP contribution in [0.25, 0.3) is 0 Å². The number of carbonyl (C=O) groups excluding carboxylic acids is 1. The van der Waals surface area contributed by atoms with Crippen molar-refractivity contribution >= 4 is 33.2 Å². The van der Waals surface area contributed by atoms with Crippen molar-refractivity contribution in [3.63, 3.8) is 0 Å². The molecule has 0 radical (unpaired) electrons. The summed E-state index contributed by atoms with van der Waals surface area (Å²) >= 11 is 5.96. The van der Waals surface area contributed by atoms with E-state index in [-0.39, 0.29) is 18.5 Å². The maximum atomic E-state index is 12.4. The summed E-state index contributed by atoms with van der Waals surface area (Å²) in [6.45, 7) is 1.71. The molecule has 1 N–H and O–H groups in total. The average molecular weight is 373 g/mol. The molecule has 0 heterocycles. The Kier molecular flexibility index (Phi) is 6.66. The fraction of sp³-hybridized carbons (Fsp3) is 0.588. The zero-order valence-electron chi connectivity index (χ0n) is 14.2. The first-order chi connectivity index (χ1) is 11.3. The first kappa shape index (κ1) is 19.2. The maximum Gasteiger partial charge on any atom is 0.239 e. The SMILES string of the molecule is Cc1ccc(Cl)cc1NC(=O)CN(C1CCCCCC1)S(C)(=O)=O. The number of carbonyl (C=O) groups is 1. The van der Waals surface area contributed by atoms with Crippen molar-refractivity contribution < 1.29 is 13.2 Å². The Balaban J connectivity index is 2.11. The van der Waals surface area contributed by atoms with Gasteiger partial charge in [-0.05, 0) is 37.5 Å². The van der Waals surface area contributed by atoms with Crippen LogP contribution in [0.5, 0.6) is 0 Å². The fourth-order valence-corrected chi connectivity index (χ4v) is 4.40. The Bertz CT molecular complexity index is 683. The highest BCUT2D eigenvalue weighted by Crippen LogP contribution is 2.24. The van der Waals surface area contributed by atoms with Crippen molar-refractivity contribution in [2.45, 2.75) is 51.5 Å². The van der Waals surface area contributed by atoms with Crippen molar-refractivity contribution in [3.05, 3.63) is 28.8 Å². The third kappa shape index (κ3) is 5.46. The van der Waals surface area contributed by atoms with E-state index in [1.807, 2.05) is 13.0 Å². The smallest absolute Gasteiger partial charge is 0.239 e. The molecule has 1 aliphatic carbocycles. The first-order valence-electron chi connectivity index (χ1n) is 8.30. The molecule has 1 aliphatic rings. The number of hydrogen-bond donors (Lipinski definition) is 1. The van der Waals surface area contributed by atoms with E-state index in [0.29, 0.717) is 10.7 Å². The molecule has 24 heavy (non-hydrogen) atoms. The molecule has 1 fully saturated rings. The van der Waals surface area contributed by atoms with Gasteiger partial charge in [0.15, 0.2) is 0 Å². The lowest BCUT2D eigenvalue weighted by atomic mass is 10.1. The number of nitrogens with one attached hydrogen (secondary N) is 1. The van der Waals surface area contributed by atoms with Crippen LogP contribution >= 0.6 is 11.6 Å². The predicted molar refractivity (Wildman–Crippen MR) is 97.9 cm³/mol. The molecule has 1 aromatic carbocycles. The number of sulfonamides is 1. The second kappa shape index (κ2) is 8.32. The molecule has 0 unspecified atom stereocenters. The van der Waals surface area contributed by atoms with Crippen molar-refractivity contribution in [1.29, 1.82) is 0 Å². The molecule has 7 heteroatoms. The number of benzene rings is 1. The second-order valence-corrected chi connectivity index (χ2v) is 8.83. The minimum atomic E-state index is -3.44. The highest BCUT2D eigenvalue weighted by molar-refractivity contribution is 7.88. The standard InChI is InChI=1S/C17H25ClN2O3S/c1-13-9-10-14(18)11-16(13)19-17(21)12-20(24(2,22)23)15-7-5-3-4-6-8-15/h9-11,15H,3-8,12H2,1-2H3,(H,19,21). The molecule has 5 nitrogen and oxygen atoms in total. The van der Waals surface area contributed by atoms with Crippen LogP contribution in [0, 0.1) is 6.92 Å². The van der Waals surface area contributed by atoms with Gasteiger partial charge in [-0.15, -0.1) is 0 Å². The summed E-state index contributed by atoms with van der Waals surface area (Å²) in [5, 5.41) is 3.31. The van der Waals surface area contributed by atoms with E-state index in [9.17, 15) is 13.2 Å². The first-order valence-corrected chi connectivity index (χ1v) is 10.5. The molecular weight excluding hydrogens is 348 g/mol. The van der Waals surface area contributed by atoms with Crippen LogP contribution in [0.2, 0.25) is 5.02 Å². The predicted octanol–water partition coefficient (Wildman–Crippen LogP) is 3.57. The Morgan fingerprint density at radius 2 is 1.88 bits per heavy atom. The summed E-state index contributed by atoms with van der Waals surface area (Å²) in [4.78, 5) is 12.4. The van der Waals surface area contributed by atoms with Crippen LogP contribution in [0.1, 0.15) is 44.1 Å². The molecule has 0 bridgehead atoms. The van der Waals surface area contributed by atoms with E-state index in [1.54, 1.807) is 12.1 Å². The molecule has 2 rings (SSSR count). The number of hydrogen-bond acceptors (Lipinski definition) is 3. The van der Waals surface area contributed by atoms with Crippen LogP contribution in [0.4, 0.5) is 5.69 Å². The number of nitrogens with zero attached hydrogens (tertiary/aromatic N) is 1. The lowest BCUT2D eigenvalue weighted by molar-refractivity contribution is -0.116. The quantitative estimate of drug-likeness (QED) is 0.803. The normalized spacial score (nSPS) is 16.8. The zero-order valence-corrected chi connectivity index (χ0v) is 15.8. The van der Waals surface area contributed by atoms with Crippen molar-refractivity contribution in [2.75, 3.05) is 18.1 Å². The monoisotopic (exact) mass is 372 g/mol. The van der Waals surface area contributed by atoms with Crippen LogP contribution in [0.15, 0.2) is 18.2 Å². The van der Waals surface area contributed by atoms with Gasteiger partial charge in [-0.1, -0.05) is 43.4 Å². The molecule has 0 spiro atoms. The van der Waals surface area contributed by atoms with Gasteiger partial charge in [0, 0.05) is 16.8 Å². The van der Waals surface area contributed by atoms with Crippen molar-refractivity contribution in [2.24, 2.45) is 0 Å². The third-order valence-corrected chi connectivity index (χ3v) is 5.95. The summed E-state index contributed by atoms with van der Waals surface area (Å²) in [5.74, 6) is -0.338. The molecule has 134 valence electrons. The Labute approximate surface area is 149 Å². The van der Waals surface area contributed by atoms with Gasteiger partial charge in [0.25, 0.3) is 0 Å². The van der Waals surface area contributed by atoms with Crippen LogP contribution < -0.4 is 5.32 Å². The summed E-state index contributed by atoms with van der Waals surface area (Å²) in [6, 6.07) is 5.15. The van der Waals surface area contributed by atoms with Crippen LogP contribution in [0.3, 0.4) is 0 Å². The van der Waals surface area contributed by atoms with Gasteiger partial charge in [0.1, 0.15) is 0 Å². The largest absolute Gasteiger partial charge is 0.325 e. The number of aryl methyl sites for hydroxylation is 1. The molecule has 1 amide bonds. The summed E-state index contributed by atoms with van der Waals surface area (Å²) < 4.78 is 25.7. The molecular formula is C17H25ClN2O3S. The summed E-state index contributed by atoms with van der Waals surface area (Å²) in [7, 11) is -3.44. The highest BCUT2D eigenvalue weighted by Gasteiger charge is 2.29. The van der Waals surface area contributed by atoms with E-state index < -0.39 is 10.0 Å². The van der Waals surface area contributed by atoms with Crippen molar-refractivity contribution in [3.8, 4) is 0 Å². The van der Waals surface area contributed by atoms with E-state index in [0.717, 1.165) is 44.1 Å². The van der Waals surface area contributed by atoms with Gasteiger partial charge < -0.3 is 5.32 Å². The summed E-state index contributed by atoms with van der Waals surface area (Å²) in [5.41, 5.74) is 1.50. The van der Waals surface area contributed by atoms with Crippen LogP contribution in [-0.2, 0) is 14.8 Å². The van der Waals surface area contributed by atoms with E-state index in [2.05, 4.69) is 5.32 Å². The Morgan fingerprint density at radius 3 is 2.46 bits per heavy atom. The average Bonchev–Trinajstić information content (AvgIpc) is 2.76.